The Bertz CT molecular complexity index is 1120. The van der Waals surface area contributed by atoms with Crippen LogP contribution in [-0.4, -0.2) is 33.4 Å². The quantitative estimate of drug-likeness (QED) is 0.730. The molecule has 2 N–H and O–H groups in total. The van der Waals surface area contributed by atoms with E-state index in [0.29, 0.717) is 31.5 Å². The molecule has 3 aromatic rings. The number of carbonyl (C=O) groups excluding carboxylic acids is 1. The topological polar surface area (TPSA) is 73.4 Å². The highest BCUT2D eigenvalue weighted by Gasteiger charge is 2.47. The first-order valence-corrected chi connectivity index (χ1v) is 9.43. The molecule has 2 aromatic carbocycles. The number of hydrogen-bond donors (Lipinski definition) is 2. The molecule has 1 fully saturated rings. The van der Waals surface area contributed by atoms with Crippen molar-refractivity contribution in [3.05, 3.63) is 70.7 Å². The van der Waals surface area contributed by atoms with Crippen LogP contribution in [0.15, 0.2) is 42.5 Å². The summed E-state index contributed by atoms with van der Waals surface area (Å²) in [6, 6.07) is 11.7. The van der Waals surface area contributed by atoms with Crippen molar-refractivity contribution in [2.45, 2.75) is 25.3 Å². The van der Waals surface area contributed by atoms with Crippen molar-refractivity contribution in [2.75, 3.05) is 6.54 Å². The zero-order valence-electron chi connectivity index (χ0n) is 15.1. The molecule has 0 unspecified atom stereocenters. The molecule has 1 aliphatic carbocycles. The summed E-state index contributed by atoms with van der Waals surface area (Å²) in [6.45, 7) is 1.07. The maximum absolute atomic E-state index is 14.0. The molecule has 0 saturated heterocycles. The Morgan fingerprint density at radius 2 is 2.00 bits per heavy atom. The molecule has 142 valence electrons. The normalized spacial score (nSPS) is 20.8. The second kappa shape index (κ2) is 6.19. The fourth-order valence-corrected chi connectivity index (χ4v) is 4.36. The minimum Gasteiger partial charge on any atom is -0.478 e. The fraction of sp³-hybridized carbons (Fsp3) is 0.273. The number of carbonyl (C=O) groups is 2. The summed E-state index contributed by atoms with van der Waals surface area (Å²) in [5.74, 6) is -1.37. The van der Waals surface area contributed by atoms with Crippen molar-refractivity contribution in [2.24, 2.45) is 5.92 Å². The zero-order valence-corrected chi connectivity index (χ0v) is 15.1. The summed E-state index contributed by atoms with van der Waals surface area (Å²) in [4.78, 5) is 29.5. The van der Waals surface area contributed by atoms with Crippen molar-refractivity contribution in [1.29, 1.82) is 0 Å². The van der Waals surface area contributed by atoms with Gasteiger partial charge in [-0.05, 0) is 42.2 Å². The van der Waals surface area contributed by atoms with Crippen LogP contribution in [-0.2, 0) is 17.8 Å². The van der Waals surface area contributed by atoms with Crippen LogP contribution in [0.25, 0.3) is 10.9 Å². The first kappa shape index (κ1) is 17.0. The monoisotopic (exact) mass is 378 g/mol. The number of nitrogens with one attached hydrogen (secondary N) is 1. The van der Waals surface area contributed by atoms with Gasteiger partial charge in [-0.2, -0.15) is 0 Å². The van der Waals surface area contributed by atoms with Crippen LogP contribution in [0, 0.1) is 11.7 Å². The number of H-pyrrole nitrogens is 1. The first-order chi connectivity index (χ1) is 13.5. The van der Waals surface area contributed by atoms with Gasteiger partial charge >= 0.3 is 5.97 Å². The number of carboxylic acids is 1. The van der Waals surface area contributed by atoms with Crippen LogP contribution >= 0.6 is 0 Å². The molecular weight excluding hydrogens is 359 g/mol. The van der Waals surface area contributed by atoms with Crippen molar-refractivity contribution in [3.8, 4) is 0 Å². The van der Waals surface area contributed by atoms with E-state index in [4.69, 9.17) is 0 Å². The maximum Gasteiger partial charge on any atom is 0.335 e. The van der Waals surface area contributed by atoms with Gasteiger partial charge in [0.1, 0.15) is 5.82 Å². The van der Waals surface area contributed by atoms with Crippen molar-refractivity contribution in [1.82, 2.24) is 9.88 Å². The SMILES string of the molecule is O=C(O)c1ccc2[nH]c3c(c2c1)CN(C(=O)[C@@H]1C[C@@H]1c1ccccc1F)CC3. The zero-order chi connectivity index (χ0) is 19.4. The molecule has 2 atom stereocenters. The molecule has 6 heteroatoms. The molecule has 2 heterocycles. The van der Waals surface area contributed by atoms with E-state index in [-0.39, 0.29) is 29.1 Å². The smallest absolute Gasteiger partial charge is 0.335 e. The number of aromatic carboxylic acids is 1. The highest BCUT2D eigenvalue weighted by Crippen LogP contribution is 2.49. The summed E-state index contributed by atoms with van der Waals surface area (Å²) >= 11 is 0. The summed E-state index contributed by atoms with van der Waals surface area (Å²) in [5, 5.41) is 10.1. The van der Waals surface area contributed by atoms with Gasteiger partial charge in [-0.1, -0.05) is 18.2 Å². The Labute approximate surface area is 160 Å². The van der Waals surface area contributed by atoms with Crippen molar-refractivity contribution < 1.29 is 19.1 Å². The largest absolute Gasteiger partial charge is 0.478 e. The van der Waals surface area contributed by atoms with Crippen LogP contribution in [0.5, 0.6) is 0 Å². The van der Waals surface area contributed by atoms with Gasteiger partial charge in [-0.15, -0.1) is 0 Å². The Morgan fingerprint density at radius 1 is 1.18 bits per heavy atom. The molecule has 1 aliphatic heterocycles. The van der Waals surface area contributed by atoms with Crippen LogP contribution in [0.4, 0.5) is 4.39 Å². The van der Waals surface area contributed by atoms with Gasteiger partial charge in [0.15, 0.2) is 0 Å². The lowest BCUT2D eigenvalue weighted by Crippen LogP contribution is -2.37. The van der Waals surface area contributed by atoms with E-state index in [1.807, 2.05) is 4.90 Å². The lowest BCUT2D eigenvalue weighted by atomic mass is 10.0. The highest BCUT2D eigenvalue weighted by molar-refractivity contribution is 5.95. The molecule has 1 amide bonds. The number of fused-ring (bicyclic) bond motifs is 3. The minimum atomic E-state index is -0.966. The average Bonchev–Trinajstić information content (AvgIpc) is 3.40. The molecule has 1 aromatic heterocycles. The molecule has 5 nitrogen and oxygen atoms in total. The summed E-state index contributed by atoms with van der Waals surface area (Å²) in [5.41, 5.74) is 3.79. The summed E-state index contributed by atoms with van der Waals surface area (Å²) in [7, 11) is 0. The molecule has 0 radical (unpaired) electrons. The molecule has 2 aliphatic rings. The number of halogens is 1. The number of hydrogen-bond acceptors (Lipinski definition) is 2. The highest BCUT2D eigenvalue weighted by atomic mass is 19.1. The fourth-order valence-electron chi connectivity index (χ4n) is 4.36. The number of nitrogens with zero attached hydrogens (tertiary/aromatic N) is 1. The number of aromatic amines is 1. The molecule has 0 spiro atoms. The minimum absolute atomic E-state index is 0.0447. The second-order valence-corrected chi connectivity index (χ2v) is 7.63. The predicted octanol–water partition coefficient (Wildman–Crippen LogP) is 3.69. The Morgan fingerprint density at radius 3 is 2.79 bits per heavy atom. The van der Waals surface area contributed by atoms with Crippen molar-refractivity contribution in [3.63, 3.8) is 0 Å². The molecule has 1 saturated carbocycles. The van der Waals surface area contributed by atoms with E-state index in [1.54, 1.807) is 36.4 Å². The van der Waals surface area contributed by atoms with E-state index < -0.39 is 5.97 Å². The third kappa shape index (κ3) is 2.68. The third-order valence-electron chi connectivity index (χ3n) is 5.95. The van der Waals surface area contributed by atoms with Crippen molar-refractivity contribution >= 4 is 22.8 Å². The lowest BCUT2D eigenvalue weighted by molar-refractivity contribution is -0.133. The van der Waals surface area contributed by atoms with Crippen LogP contribution in [0.2, 0.25) is 0 Å². The van der Waals surface area contributed by atoms with E-state index >= 15 is 0 Å². The molecular formula is C22H19FN2O3. The van der Waals surface area contributed by atoms with Gasteiger partial charge in [0.25, 0.3) is 0 Å². The van der Waals surface area contributed by atoms with Gasteiger partial charge < -0.3 is 15.0 Å². The van der Waals surface area contributed by atoms with Crippen LogP contribution in [0.1, 0.15) is 39.5 Å². The third-order valence-corrected chi connectivity index (χ3v) is 5.95. The van der Waals surface area contributed by atoms with Crippen LogP contribution < -0.4 is 0 Å². The molecule has 0 bridgehead atoms. The first-order valence-electron chi connectivity index (χ1n) is 9.43. The Hall–Kier alpha value is -3.15. The van der Waals surface area contributed by atoms with Gasteiger partial charge in [0.05, 0.1) is 5.56 Å². The average molecular weight is 378 g/mol. The van der Waals surface area contributed by atoms with Gasteiger partial charge in [0, 0.05) is 47.6 Å². The molecule has 28 heavy (non-hydrogen) atoms. The predicted molar refractivity (Wildman–Crippen MR) is 102 cm³/mol. The number of benzene rings is 2. The standard InChI is InChI=1S/C22H19FN2O3/c23-18-4-2-1-3-13(18)14-10-16(14)21(26)25-8-7-20-17(11-25)15-9-12(22(27)28)5-6-19(15)24-20/h1-6,9,14,16,24H,7-8,10-11H2,(H,27,28)/t14-,16-/m1/s1. The van der Waals surface area contributed by atoms with Crippen LogP contribution in [0.3, 0.4) is 0 Å². The summed E-state index contributed by atoms with van der Waals surface area (Å²) in [6.07, 6.45) is 1.38. The number of rotatable bonds is 3. The second-order valence-electron chi connectivity index (χ2n) is 7.63. The number of amides is 1. The van der Waals surface area contributed by atoms with E-state index in [1.165, 1.54) is 6.07 Å². The Kier molecular flexibility index (Phi) is 3.75. The lowest BCUT2D eigenvalue weighted by Gasteiger charge is -2.27. The summed E-state index contributed by atoms with van der Waals surface area (Å²) < 4.78 is 14.0. The van der Waals surface area contributed by atoms with E-state index in [9.17, 15) is 19.1 Å². The number of carboxylic acid groups (broad SMARTS) is 1. The Balaban J connectivity index is 1.39. The van der Waals surface area contributed by atoms with E-state index in [2.05, 4.69) is 4.98 Å². The van der Waals surface area contributed by atoms with Gasteiger partial charge in [-0.25, -0.2) is 9.18 Å². The van der Waals surface area contributed by atoms with Gasteiger partial charge in [-0.3, -0.25) is 4.79 Å². The van der Waals surface area contributed by atoms with Gasteiger partial charge in [0.2, 0.25) is 5.91 Å². The molecule has 5 rings (SSSR count). The number of aromatic nitrogens is 1. The van der Waals surface area contributed by atoms with E-state index in [0.717, 1.165) is 22.2 Å². The maximum atomic E-state index is 14.0.